The molecule has 0 bridgehead atoms. The van der Waals surface area contributed by atoms with Crippen molar-refractivity contribution in [3.63, 3.8) is 0 Å². The molecule has 0 radical (unpaired) electrons. The maximum Gasteiger partial charge on any atom is 0.276 e. The van der Waals surface area contributed by atoms with Gasteiger partial charge in [-0.25, -0.2) is 0 Å². The summed E-state index contributed by atoms with van der Waals surface area (Å²) in [4.78, 5) is 15.4. The number of likely N-dealkylation sites (tertiary alicyclic amines) is 1. The van der Waals surface area contributed by atoms with Crippen LogP contribution in [0.15, 0.2) is 22.0 Å². The number of β-amino-alcohol motifs (C(OH)–C–C–N with tert-alkyl or cyclic N) is 1. The number of hydrogen-bond acceptors (Lipinski definition) is 5. The van der Waals surface area contributed by atoms with Gasteiger partial charge in [0.2, 0.25) is 0 Å². The molecule has 0 unspecified atom stereocenters. The Labute approximate surface area is 139 Å². The van der Waals surface area contributed by atoms with Crippen molar-refractivity contribution in [1.29, 1.82) is 0 Å². The molecular formula is C17H22N2O3S. The van der Waals surface area contributed by atoms with Gasteiger partial charge in [0.05, 0.1) is 6.10 Å². The standard InChI is InChI=1S/C17H22N2O3S/c1-3-4-12-9-14(18-22-12)17(21)19-7-5-13(15(20)10-19)16-11(2)6-8-23-16/h6,8-9,13,15,20H,3-5,7,10H2,1-2H3/t13-,15-/m1/s1. The van der Waals surface area contributed by atoms with Crippen molar-refractivity contribution in [2.75, 3.05) is 13.1 Å². The van der Waals surface area contributed by atoms with Crippen LogP contribution in [0.3, 0.4) is 0 Å². The second kappa shape index (κ2) is 6.84. The van der Waals surface area contributed by atoms with Crippen LogP contribution in [-0.2, 0) is 6.42 Å². The topological polar surface area (TPSA) is 66.6 Å². The van der Waals surface area contributed by atoms with E-state index in [4.69, 9.17) is 4.52 Å². The minimum Gasteiger partial charge on any atom is -0.391 e. The van der Waals surface area contributed by atoms with Crippen molar-refractivity contribution in [2.24, 2.45) is 0 Å². The van der Waals surface area contributed by atoms with E-state index >= 15 is 0 Å². The number of nitrogens with zero attached hydrogens (tertiary/aromatic N) is 2. The van der Waals surface area contributed by atoms with Gasteiger partial charge >= 0.3 is 0 Å². The first-order chi connectivity index (χ1) is 11.1. The van der Waals surface area contributed by atoms with Crippen LogP contribution >= 0.6 is 11.3 Å². The average molecular weight is 334 g/mol. The second-order valence-electron chi connectivity index (χ2n) is 6.11. The molecule has 3 heterocycles. The maximum atomic E-state index is 12.5. The lowest BCUT2D eigenvalue weighted by Gasteiger charge is -2.35. The fourth-order valence-corrected chi connectivity index (χ4v) is 4.25. The van der Waals surface area contributed by atoms with Gasteiger partial charge in [-0.05, 0) is 36.8 Å². The molecule has 1 amide bonds. The molecule has 1 N–H and O–H groups in total. The van der Waals surface area contributed by atoms with Gasteiger partial charge in [0.15, 0.2) is 5.69 Å². The fourth-order valence-electron chi connectivity index (χ4n) is 3.13. The van der Waals surface area contributed by atoms with Gasteiger partial charge in [-0.15, -0.1) is 11.3 Å². The molecule has 1 saturated heterocycles. The monoisotopic (exact) mass is 334 g/mol. The van der Waals surface area contributed by atoms with E-state index in [0.29, 0.717) is 18.8 Å². The summed E-state index contributed by atoms with van der Waals surface area (Å²) >= 11 is 1.68. The second-order valence-corrected chi connectivity index (χ2v) is 7.06. The predicted molar refractivity (Wildman–Crippen MR) is 88.8 cm³/mol. The Balaban J connectivity index is 1.67. The number of rotatable bonds is 4. The SMILES string of the molecule is CCCc1cc(C(=O)N2CC[C@@H](c3sccc3C)[C@H](O)C2)no1. The van der Waals surface area contributed by atoms with Gasteiger partial charge in [0, 0.05) is 36.4 Å². The lowest BCUT2D eigenvalue weighted by molar-refractivity contribution is 0.0379. The largest absolute Gasteiger partial charge is 0.391 e. The molecular weight excluding hydrogens is 312 g/mol. The molecule has 5 nitrogen and oxygen atoms in total. The molecule has 1 aliphatic rings. The number of piperidine rings is 1. The van der Waals surface area contributed by atoms with E-state index in [1.807, 2.05) is 0 Å². The minimum absolute atomic E-state index is 0.118. The minimum atomic E-state index is -0.535. The van der Waals surface area contributed by atoms with Crippen molar-refractivity contribution in [2.45, 2.75) is 45.1 Å². The van der Waals surface area contributed by atoms with Crippen LogP contribution in [0.4, 0.5) is 0 Å². The van der Waals surface area contributed by atoms with Gasteiger partial charge < -0.3 is 14.5 Å². The average Bonchev–Trinajstić information content (AvgIpc) is 3.16. The number of carbonyl (C=O) groups excluding carboxylic acids is 1. The Morgan fingerprint density at radius 1 is 1.57 bits per heavy atom. The van der Waals surface area contributed by atoms with E-state index in [9.17, 15) is 9.90 Å². The number of aryl methyl sites for hydroxylation is 2. The zero-order valence-corrected chi connectivity index (χ0v) is 14.3. The first-order valence-electron chi connectivity index (χ1n) is 8.07. The third-order valence-electron chi connectivity index (χ3n) is 4.38. The van der Waals surface area contributed by atoms with Crippen molar-refractivity contribution in [3.05, 3.63) is 39.4 Å². The fraction of sp³-hybridized carbons (Fsp3) is 0.529. The van der Waals surface area contributed by atoms with E-state index in [-0.39, 0.29) is 11.8 Å². The molecule has 2 aromatic heterocycles. The van der Waals surface area contributed by atoms with Crippen LogP contribution in [0.1, 0.15) is 52.4 Å². The lowest BCUT2D eigenvalue weighted by Crippen LogP contribution is -2.45. The molecule has 3 rings (SSSR count). The Morgan fingerprint density at radius 3 is 3.04 bits per heavy atom. The summed E-state index contributed by atoms with van der Waals surface area (Å²) in [5.74, 6) is 0.698. The first kappa shape index (κ1) is 16.2. The van der Waals surface area contributed by atoms with Crippen LogP contribution in [0.5, 0.6) is 0 Å². The highest BCUT2D eigenvalue weighted by molar-refractivity contribution is 7.10. The summed E-state index contributed by atoms with van der Waals surface area (Å²) in [6.07, 6.45) is 1.97. The van der Waals surface area contributed by atoms with Crippen molar-refractivity contribution in [1.82, 2.24) is 10.1 Å². The number of hydrogen-bond donors (Lipinski definition) is 1. The van der Waals surface area contributed by atoms with Crippen molar-refractivity contribution >= 4 is 17.2 Å². The molecule has 0 spiro atoms. The molecule has 0 saturated carbocycles. The van der Waals surface area contributed by atoms with Crippen LogP contribution in [0.25, 0.3) is 0 Å². The van der Waals surface area contributed by atoms with Crippen molar-refractivity contribution in [3.8, 4) is 0 Å². The number of carbonyl (C=O) groups is 1. The lowest BCUT2D eigenvalue weighted by atomic mass is 9.90. The zero-order valence-electron chi connectivity index (χ0n) is 13.5. The summed E-state index contributed by atoms with van der Waals surface area (Å²) in [5.41, 5.74) is 1.56. The highest BCUT2D eigenvalue weighted by Gasteiger charge is 2.33. The van der Waals surface area contributed by atoms with Crippen LogP contribution in [-0.4, -0.2) is 40.3 Å². The third kappa shape index (κ3) is 3.33. The van der Waals surface area contributed by atoms with E-state index < -0.39 is 6.10 Å². The third-order valence-corrected chi connectivity index (χ3v) is 5.53. The maximum absolute atomic E-state index is 12.5. The Kier molecular flexibility index (Phi) is 4.82. The van der Waals surface area contributed by atoms with Crippen LogP contribution in [0, 0.1) is 6.92 Å². The Bertz CT molecular complexity index is 679. The van der Waals surface area contributed by atoms with E-state index in [1.165, 1.54) is 10.4 Å². The summed E-state index contributed by atoms with van der Waals surface area (Å²) < 4.78 is 5.18. The van der Waals surface area contributed by atoms with E-state index in [0.717, 1.165) is 25.0 Å². The number of thiophene rings is 1. The molecule has 1 fully saturated rings. The Morgan fingerprint density at radius 2 is 2.39 bits per heavy atom. The van der Waals surface area contributed by atoms with Crippen LogP contribution < -0.4 is 0 Å². The number of aliphatic hydroxyl groups is 1. The highest BCUT2D eigenvalue weighted by Crippen LogP contribution is 2.34. The predicted octanol–water partition coefficient (Wildman–Crippen LogP) is 2.99. The normalized spacial score (nSPS) is 21.6. The molecule has 23 heavy (non-hydrogen) atoms. The molecule has 0 aliphatic carbocycles. The van der Waals surface area contributed by atoms with Gasteiger partial charge in [-0.2, -0.15) is 0 Å². The molecule has 124 valence electrons. The van der Waals surface area contributed by atoms with Gasteiger partial charge in [0.25, 0.3) is 5.91 Å². The number of aromatic nitrogens is 1. The summed E-state index contributed by atoms with van der Waals surface area (Å²) in [7, 11) is 0. The Hall–Kier alpha value is -1.66. The molecule has 1 aliphatic heterocycles. The quantitative estimate of drug-likeness (QED) is 0.933. The molecule has 0 aromatic carbocycles. The summed E-state index contributed by atoms with van der Waals surface area (Å²) in [5, 5.41) is 16.4. The van der Waals surface area contributed by atoms with Gasteiger partial charge in [-0.3, -0.25) is 4.79 Å². The van der Waals surface area contributed by atoms with Crippen LogP contribution in [0.2, 0.25) is 0 Å². The first-order valence-corrected chi connectivity index (χ1v) is 8.95. The number of amides is 1. The zero-order chi connectivity index (χ0) is 16.4. The molecule has 2 aromatic rings. The van der Waals surface area contributed by atoms with Crippen molar-refractivity contribution < 1.29 is 14.4 Å². The summed E-state index contributed by atoms with van der Waals surface area (Å²) in [6.45, 7) is 5.10. The molecule has 2 atom stereocenters. The van der Waals surface area contributed by atoms with Gasteiger partial charge in [-0.1, -0.05) is 12.1 Å². The van der Waals surface area contributed by atoms with Gasteiger partial charge in [0.1, 0.15) is 5.76 Å². The molecule has 6 heteroatoms. The number of aliphatic hydroxyl groups excluding tert-OH is 1. The highest BCUT2D eigenvalue weighted by atomic mass is 32.1. The smallest absolute Gasteiger partial charge is 0.276 e. The summed E-state index contributed by atoms with van der Waals surface area (Å²) in [6, 6.07) is 3.79. The van der Waals surface area contributed by atoms with E-state index in [2.05, 4.69) is 30.5 Å². The van der Waals surface area contributed by atoms with E-state index in [1.54, 1.807) is 22.3 Å².